The number of hydrogen-bond acceptors (Lipinski definition) is 3. The van der Waals surface area contributed by atoms with E-state index in [2.05, 4.69) is 217 Å². The summed E-state index contributed by atoms with van der Waals surface area (Å²) < 4.78 is 12.9. The van der Waals surface area contributed by atoms with E-state index in [0.717, 1.165) is 88.8 Å². The summed E-state index contributed by atoms with van der Waals surface area (Å²) in [6.07, 6.45) is 0. The molecule has 0 aliphatic heterocycles. The molecule has 0 aliphatic carbocycles. The summed E-state index contributed by atoms with van der Waals surface area (Å²) >= 11 is 0. The molecule has 12 rings (SSSR count). The molecule has 0 unspecified atom stereocenters. The van der Waals surface area contributed by atoms with Gasteiger partial charge in [-0.2, -0.15) is 0 Å². The molecule has 286 valence electrons. The molecule has 0 N–H and O–H groups in total. The maximum absolute atomic E-state index is 6.47. The van der Waals surface area contributed by atoms with Gasteiger partial charge in [-0.25, -0.2) is 0 Å². The third kappa shape index (κ3) is 5.66. The first-order valence-electron chi connectivity index (χ1n) is 20.8. The van der Waals surface area contributed by atoms with Crippen LogP contribution in [0.25, 0.3) is 99.2 Å². The summed E-state index contributed by atoms with van der Waals surface area (Å²) in [6.45, 7) is 0. The van der Waals surface area contributed by atoms with Crippen LogP contribution in [0.3, 0.4) is 0 Å². The molecule has 10 aromatic carbocycles. The standard InChI is InChI=1S/C58H37NO2/c1-2-18-38(19-3-1)40-27-14-20-39-21-15-28-44(56(39)40)41-22-4-9-31-49(41)59(50-32-10-5-23-42(50)45-29-16-36-54-57(45)47-25-7-12-34-52(47)60-54)51-33-11-6-24-43(51)46-30-17-37-55-58(46)48-26-8-13-35-53(48)61-55/h1-37H. The molecule has 2 aromatic heterocycles. The monoisotopic (exact) mass is 779 g/mol. The van der Waals surface area contributed by atoms with Gasteiger partial charge in [0.05, 0.1) is 17.1 Å². The highest BCUT2D eigenvalue weighted by Crippen LogP contribution is 2.51. The predicted octanol–water partition coefficient (Wildman–Crippen LogP) is 16.8. The van der Waals surface area contributed by atoms with Gasteiger partial charge in [-0.15, -0.1) is 0 Å². The fraction of sp³-hybridized carbons (Fsp3) is 0. The molecule has 0 aliphatic rings. The van der Waals surface area contributed by atoms with E-state index in [9.17, 15) is 0 Å². The van der Waals surface area contributed by atoms with Crippen molar-refractivity contribution in [2.45, 2.75) is 0 Å². The van der Waals surface area contributed by atoms with Crippen LogP contribution in [0.5, 0.6) is 0 Å². The summed E-state index contributed by atoms with van der Waals surface area (Å²) in [5.41, 5.74) is 15.7. The Bertz CT molecular complexity index is 3450. The Hall–Kier alpha value is -8.14. The lowest BCUT2D eigenvalue weighted by molar-refractivity contribution is 0.668. The quantitative estimate of drug-likeness (QED) is 0.161. The van der Waals surface area contributed by atoms with E-state index >= 15 is 0 Å². The summed E-state index contributed by atoms with van der Waals surface area (Å²) in [5, 5.41) is 6.80. The number of furan rings is 2. The van der Waals surface area contributed by atoms with E-state index in [1.165, 1.54) is 27.5 Å². The summed E-state index contributed by atoms with van der Waals surface area (Å²) in [7, 11) is 0. The van der Waals surface area contributed by atoms with Crippen molar-refractivity contribution in [2.75, 3.05) is 4.90 Å². The van der Waals surface area contributed by atoms with Gasteiger partial charge in [0.15, 0.2) is 0 Å². The van der Waals surface area contributed by atoms with Gasteiger partial charge in [0.25, 0.3) is 0 Å². The second-order valence-corrected chi connectivity index (χ2v) is 15.5. The molecule has 0 saturated heterocycles. The van der Waals surface area contributed by atoms with Crippen LogP contribution in [0, 0.1) is 0 Å². The molecule has 2 heterocycles. The molecule has 61 heavy (non-hydrogen) atoms. The van der Waals surface area contributed by atoms with Crippen LogP contribution >= 0.6 is 0 Å². The van der Waals surface area contributed by atoms with Crippen molar-refractivity contribution in [3.8, 4) is 44.5 Å². The number of nitrogens with zero attached hydrogens (tertiary/aromatic N) is 1. The van der Waals surface area contributed by atoms with E-state index in [4.69, 9.17) is 8.83 Å². The van der Waals surface area contributed by atoms with Crippen molar-refractivity contribution >= 4 is 71.7 Å². The Morgan fingerprint density at radius 3 is 1.11 bits per heavy atom. The summed E-state index contributed by atoms with van der Waals surface area (Å²) in [4.78, 5) is 2.48. The van der Waals surface area contributed by atoms with Crippen molar-refractivity contribution in [1.29, 1.82) is 0 Å². The third-order valence-corrected chi connectivity index (χ3v) is 12.1. The van der Waals surface area contributed by atoms with E-state index in [1.54, 1.807) is 0 Å². The van der Waals surface area contributed by atoms with E-state index in [0.29, 0.717) is 0 Å². The fourth-order valence-electron chi connectivity index (χ4n) is 9.50. The van der Waals surface area contributed by atoms with Crippen LogP contribution in [-0.2, 0) is 0 Å². The average molecular weight is 780 g/mol. The van der Waals surface area contributed by atoms with Gasteiger partial charge in [-0.3, -0.25) is 0 Å². The SMILES string of the molecule is c1ccc(-c2cccc3cccc(-c4ccccc4N(c4ccccc4-c4cccc5oc6ccccc6c45)c4ccccc4-c4cccc5oc6ccccc6c45)c23)cc1. The van der Waals surface area contributed by atoms with Gasteiger partial charge in [0.1, 0.15) is 22.3 Å². The lowest BCUT2D eigenvalue weighted by Crippen LogP contribution is -2.13. The van der Waals surface area contributed by atoms with Crippen LogP contribution in [0.1, 0.15) is 0 Å². The Morgan fingerprint density at radius 1 is 0.246 bits per heavy atom. The van der Waals surface area contributed by atoms with E-state index in [-0.39, 0.29) is 0 Å². The molecule has 0 fully saturated rings. The minimum Gasteiger partial charge on any atom is -0.456 e. The Balaban J connectivity index is 1.18. The van der Waals surface area contributed by atoms with E-state index in [1.807, 2.05) is 12.1 Å². The zero-order valence-electron chi connectivity index (χ0n) is 33.1. The van der Waals surface area contributed by atoms with Crippen molar-refractivity contribution in [3.63, 3.8) is 0 Å². The van der Waals surface area contributed by atoms with Crippen molar-refractivity contribution in [2.24, 2.45) is 0 Å². The second-order valence-electron chi connectivity index (χ2n) is 15.5. The van der Waals surface area contributed by atoms with Gasteiger partial charge >= 0.3 is 0 Å². The second kappa shape index (κ2) is 14.3. The topological polar surface area (TPSA) is 29.5 Å². The highest BCUT2D eigenvalue weighted by Gasteiger charge is 2.26. The number of fused-ring (bicyclic) bond motifs is 7. The van der Waals surface area contributed by atoms with Gasteiger partial charge < -0.3 is 13.7 Å². The predicted molar refractivity (Wildman–Crippen MR) is 255 cm³/mol. The highest BCUT2D eigenvalue weighted by molar-refractivity contribution is 6.17. The molecule has 0 atom stereocenters. The maximum Gasteiger partial charge on any atom is 0.136 e. The highest BCUT2D eigenvalue weighted by atomic mass is 16.3. The third-order valence-electron chi connectivity index (χ3n) is 12.1. The van der Waals surface area contributed by atoms with E-state index < -0.39 is 0 Å². The minimum absolute atomic E-state index is 0.864. The lowest BCUT2D eigenvalue weighted by atomic mass is 9.90. The van der Waals surface area contributed by atoms with Crippen molar-refractivity contribution in [3.05, 3.63) is 224 Å². The van der Waals surface area contributed by atoms with Crippen LogP contribution in [0.15, 0.2) is 233 Å². The first-order valence-corrected chi connectivity index (χ1v) is 20.8. The average Bonchev–Trinajstić information content (AvgIpc) is 3.91. The van der Waals surface area contributed by atoms with Gasteiger partial charge in [0.2, 0.25) is 0 Å². The zero-order valence-corrected chi connectivity index (χ0v) is 33.1. The van der Waals surface area contributed by atoms with Gasteiger partial charge in [-0.05, 0) is 81.1 Å². The Morgan fingerprint density at radius 2 is 0.607 bits per heavy atom. The van der Waals surface area contributed by atoms with Crippen LogP contribution in [0.4, 0.5) is 17.1 Å². The molecule has 0 amide bonds. The Labute approximate surface area is 353 Å². The number of anilines is 3. The van der Waals surface area contributed by atoms with Gasteiger partial charge in [0, 0.05) is 38.2 Å². The molecule has 0 radical (unpaired) electrons. The first-order chi connectivity index (χ1) is 30.3. The lowest BCUT2D eigenvalue weighted by Gasteiger charge is -2.32. The molecule has 0 bridgehead atoms. The number of rotatable bonds is 7. The molecule has 3 heteroatoms. The first kappa shape index (κ1) is 34.9. The van der Waals surface area contributed by atoms with Crippen molar-refractivity contribution < 1.29 is 8.83 Å². The molecular weight excluding hydrogens is 743 g/mol. The normalized spacial score (nSPS) is 11.6. The summed E-state index contributed by atoms with van der Waals surface area (Å²) in [5.74, 6) is 0. The smallest absolute Gasteiger partial charge is 0.136 e. The molecule has 3 nitrogen and oxygen atoms in total. The minimum atomic E-state index is 0.864. The zero-order chi connectivity index (χ0) is 40.3. The molecule has 0 spiro atoms. The van der Waals surface area contributed by atoms with Crippen LogP contribution in [0.2, 0.25) is 0 Å². The fourth-order valence-corrected chi connectivity index (χ4v) is 9.50. The largest absolute Gasteiger partial charge is 0.456 e. The number of benzene rings is 10. The molecular formula is C58H37NO2. The van der Waals surface area contributed by atoms with Crippen LogP contribution < -0.4 is 4.90 Å². The molecule has 0 saturated carbocycles. The number of hydrogen-bond donors (Lipinski definition) is 0. The maximum atomic E-state index is 6.47. The number of para-hydroxylation sites is 5. The van der Waals surface area contributed by atoms with Crippen molar-refractivity contribution in [1.82, 2.24) is 0 Å². The van der Waals surface area contributed by atoms with Gasteiger partial charge in [-0.1, -0.05) is 182 Å². The summed E-state index contributed by atoms with van der Waals surface area (Å²) in [6, 6.07) is 80.0. The Kier molecular flexibility index (Phi) is 8.17. The van der Waals surface area contributed by atoms with Crippen LogP contribution in [-0.4, -0.2) is 0 Å². The molecule has 12 aromatic rings.